The van der Waals surface area contributed by atoms with E-state index in [0.717, 1.165) is 6.42 Å². The summed E-state index contributed by atoms with van der Waals surface area (Å²) in [6, 6.07) is 0. The highest BCUT2D eigenvalue weighted by atomic mass is 32.1. The largest absolute Gasteiger partial charge is 0.245 e. The second kappa shape index (κ2) is 2.20. The molecule has 1 aromatic heterocycles. The molecule has 0 aromatic carbocycles. The van der Waals surface area contributed by atoms with Gasteiger partial charge in [-0.1, -0.05) is 19.1 Å². The number of rotatable bonds is 0. The molecule has 0 aliphatic heterocycles. The van der Waals surface area contributed by atoms with Crippen LogP contribution in [0.3, 0.4) is 0 Å². The lowest BCUT2D eigenvalue weighted by Crippen LogP contribution is -2.25. The van der Waals surface area contributed by atoms with E-state index in [1.807, 2.05) is 5.51 Å². The third-order valence-electron chi connectivity index (χ3n) is 1.74. The van der Waals surface area contributed by atoms with Crippen molar-refractivity contribution in [1.29, 1.82) is 0 Å². The van der Waals surface area contributed by atoms with Gasteiger partial charge in [0, 0.05) is 0 Å². The highest BCUT2D eigenvalue weighted by Gasteiger charge is 2.01. The molecule has 1 aliphatic carbocycles. The van der Waals surface area contributed by atoms with Crippen molar-refractivity contribution in [3.05, 3.63) is 15.4 Å². The van der Waals surface area contributed by atoms with E-state index >= 15 is 0 Å². The standard InChI is InChI=1S/C8H9NS/c1-6-2-3-7-8(4-6)10-5-9-7/h3-6H,2H2,1H3/t6-/m1/s1. The Kier molecular flexibility index (Phi) is 1.34. The van der Waals surface area contributed by atoms with Crippen LogP contribution in [0.2, 0.25) is 0 Å². The summed E-state index contributed by atoms with van der Waals surface area (Å²) in [6.07, 6.45) is 5.67. The maximum Gasteiger partial charge on any atom is 0.0805 e. The second-order valence-corrected chi connectivity index (χ2v) is 3.57. The zero-order valence-corrected chi connectivity index (χ0v) is 6.69. The normalized spacial score (nSPS) is 22.7. The zero-order valence-electron chi connectivity index (χ0n) is 5.87. The number of hydrogen-bond donors (Lipinski definition) is 0. The Morgan fingerprint density at radius 2 is 2.60 bits per heavy atom. The van der Waals surface area contributed by atoms with E-state index in [1.165, 1.54) is 9.88 Å². The third kappa shape index (κ3) is 0.886. The van der Waals surface area contributed by atoms with Gasteiger partial charge >= 0.3 is 0 Å². The Bertz CT molecular complexity index is 336. The maximum absolute atomic E-state index is 4.22. The number of aromatic nitrogens is 1. The Balaban J connectivity index is 2.73. The van der Waals surface area contributed by atoms with Crippen molar-refractivity contribution in [2.24, 2.45) is 5.92 Å². The first-order chi connectivity index (χ1) is 4.86. The molecule has 10 heavy (non-hydrogen) atoms. The number of thiazole rings is 1. The quantitative estimate of drug-likeness (QED) is 0.533. The molecular weight excluding hydrogens is 142 g/mol. The van der Waals surface area contributed by atoms with Crippen LogP contribution in [0.4, 0.5) is 0 Å². The minimum atomic E-state index is 0.702. The van der Waals surface area contributed by atoms with Gasteiger partial charge in [-0.25, -0.2) is 4.98 Å². The van der Waals surface area contributed by atoms with Gasteiger partial charge < -0.3 is 0 Å². The van der Waals surface area contributed by atoms with Crippen molar-refractivity contribution in [1.82, 2.24) is 4.98 Å². The van der Waals surface area contributed by atoms with Crippen LogP contribution in [0.5, 0.6) is 0 Å². The molecule has 0 radical (unpaired) electrons. The van der Waals surface area contributed by atoms with E-state index < -0.39 is 0 Å². The van der Waals surface area contributed by atoms with Crippen LogP contribution < -0.4 is 9.88 Å². The highest BCUT2D eigenvalue weighted by Crippen LogP contribution is 2.05. The fraction of sp³-hybridized carbons (Fsp3) is 0.375. The van der Waals surface area contributed by atoms with E-state index in [4.69, 9.17) is 0 Å². The molecule has 1 aliphatic rings. The topological polar surface area (TPSA) is 12.9 Å². The summed E-state index contributed by atoms with van der Waals surface area (Å²) in [4.78, 5) is 4.22. The minimum absolute atomic E-state index is 0.702. The minimum Gasteiger partial charge on any atom is -0.245 e. The van der Waals surface area contributed by atoms with Gasteiger partial charge in [-0.15, -0.1) is 11.3 Å². The number of hydrogen-bond acceptors (Lipinski definition) is 2. The Morgan fingerprint density at radius 3 is 3.50 bits per heavy atom. The predicted molar refractivity (Wildman–Crippen MR) is 44.1 cm³/mol. The third-order valence-corrected chi connectivity index (χ3v) is 2.55. The van der Waals surface area contributed by atoms with Crippen molar-refractivity contribution in [2.45, 2.75) is 13.3 Å². The van der Waals surface area contributed by atoms with Crippen LogP contribution in [0.25, 0.3) is 12.2 Å². The van der Waals surface area contributed by atoms with E-state index in [1.54, 1.807) is 11.3 Å². The van der Waals surface area contributed by atoms with Crippen molar-refractivity contribution in [2.75, 3.05) is 0 Å². The van der Waals surface area contributed by atoms with Crippen LogP contribution in [0.15, 0.2) is 5.51 Å². The van der Waals surface area contributed by atoms with Crippen LogP contribution in [0, 0.1) is 5.92 Å². The molecule has 0 unspecified atom stereocenters. The van der Waals surface area contributed by atoms with E-state index in [0.29, 0.717) is 5.92 Å². The molecule has 0 saturated carbocycles. The summed E-state index contributed by atoms with van der Waals surface area (Å²) in [6.45, 7) is 2.24. The van der Waals surface area contributed by atoms with Crippen molar-refractivity contribution in [3.8, 4) is 0 Å². The summed E-state index contributed by atoms with van der Waals surface area (Å²) in [5.41, 5.74) is 1.91. The zero-order chi connectivity index (χ0) is 6.97. The molecule has 0 fully saturated rings. The van der Waals surface area contributed by atoms with Gasteiger partial charge in [0.25, 0.3) is 0 Å². The van der Waals surface area contributed by atoms with Crippen molar-refractivity contribution >= 4 is 23.5 Å². The Morgan fingerprint density at radius 1 is 1.70 bits per heavy atom. The summed E-state index contributed by atoms with van der Waals surface area (Å²) in [7, 11) is 0. The summed E-state index contributed by atoms with van der Waals surface area (Å²) >= 11 is 1.73. The maximum atomic E-state index is 4.22. The lowest BCUT2D eigenvalue weighted by Gasteiger charge is -2.02. The van der Waals surface area contributed by atoms with Gasteiger partial charge in [-0.3, -0.25) is 0 Å². The summed E-state index contributed by atoms with van der Waals surface area (Å²) in [5, 5.41) is 1.18. The summed E-state index contributed by atoms with van der Waals surface area (Å²) < 4.78 is 1.35. The Labute approximate surface area is 63.7 Å². The monoisotopic (exact) mass is 151 g/mol. The SMILES string of the molecule is C[C@H]1C=c2scnc2=CC1. The molecule has 0 saturated heterocycles. The van der Waals surface area contributed by atoms with Crippen LogP contribution in [0.1, 0.15) is 13.3 Å². The van der Waals surface area contributed by atoms with E-state index in [2.05, 4.69) is 24.1 Å². The molecule has 1 nitrogen and oxygen atoms in total. The van der Waals surface area contributed by atoms with Gasteiger partial charge in [-0.2, -0.15) is 0 Å². The van der Waals surface area contributed by atoms with Gasteiger partial charge in [0.05, 0.1) is 15.4 Å². The molecule has 0 amide bonds. The van der Waals surface area contributed by atoms with Crippen molar-refractivity contribution < 1.29 is 0 Å². The molecule has 2 rings (SSSR count). The molecule has 0 bridgehead atoms. The second-order valence-electron chi connectivity index (χ2n) is 2.69. The van der Waals surface area contributed by atoms with Crippen LogP contribution in [-0.2, 0) is 0 Å². The van der Waals surface area contributed by atoms with Gasteiger partial charge in [0.2, 0.25) is 0 Å². The molecular formula is C8H9NS. The molecule has 2 heteroatoms. The predicted octanol–water partition coefficient (Wildman–Crippen LogP) is 0.744. The first-order valence-electron chi connectivity index (χ1n) is 3.48. The Hall–Kier alpha value is -0.630. The lowest BCUT2D eigenvalue weighted by atomic mass is 10.1. The van der Waals surface area contributed by atoms with Gasteiger partial charge in [0.15, 0.2) is 0 Å². The van der Waals surface area contributed by atoms with E-state index in [9.17, 15) is 0 Å². The highest BCUT2D eigenvalue weighted by molar-refractivity contribution is 7.07. The molecule has 1 aromatic rings. The number of nitrogens with zero attached hydrogens (tertiary/aromatic N) is 1. The fourth-order valence-corrected chi connectivity index (χ4v) is 2.01. The first-order valence-corrected chi connectivity index (χ1v) is 4.36. The van der Waals surface area contributed by atoms with Gasteiger partial charge in [-0.05, 0) is 12.3 Å². The van der Waals surface area contributed by atoms with Crippen molar-refractivity contribution in [3.63, 3.8) is 0 Å². The molecule has 52 valence electrons. The summed E-state index contributed by atoms with van der Waals surface area (Å²) in [5.74, 6) is 0.702. The molecule has 0 spiro atoms. The molecule has 0 N–H and O–H groups in total. The fourth-order valence-electron chi connectivity index (χ4n) is 1.17. The number of fused-ring (bicyclic) bond motifs is 1. The molecule has 1 atom stereocenters. The average molecular weight is 151 g/mol. The lowest BCUT2D eigenvalue weighted by molar-refractivity contribution is 0.800. The molecule has 1 heterocycles. The first kappa shape index (κ1) is 6.10. The average Bonchev–Trinajstić information content (AvgIpc) is 2.33. The van der Waals surface area contributed by atoms with Crippen LogP contribution >= 0.6 is 11.3 Å². The smallest absolute Gasteiger partial charge is 0.0805 e. The van der Waals surface area contributed by atoms with Gasteiger partial charge in [0.1, 0.15) is 0 Å². The van der Waals surface area contributed by atoms with E-state index in [-0.39, 0.29) is 0 Å². The van der Waals surface area contributed by atoms with Crippen LogP contribution in [-0.4, -0.2) is 4.98 Å².